The lowest BCUT2D eigenvalue weighted by Crippen LogP contribution is -2.39. The number of hydrogen-bond acceptors (Lipinski definition) is 4. The fourth-order valence-electron chi connectivity index (χ4n) is 4.41. The van der Waals surface area contributed by atoms with Crippen LogP contribution >= 0.6 is 22.6 Å². The highest BCUT2D eigenvalue weighted by atomic mass is 127. The molecule has 0 atom stereocenters. The van der Waals surface area contributed by atoms with Gasteiger partial charge in [0, 0.05) is 60.0 Å². The average Bonchev–Trinajstić information content (AvgIpc) is 2.83. The molecular weight excluding hydrogens is 575 g/mol. The highest BCUT2D eigenvalue weighted by Gasteiger charge is 2.34. The number of halogens is 5. The number of carbonyl (C=O) groups excluding carboxylic acids is 1. The Morgan fingerprint density at radius 1 is 1.06 bits per heavy atom. The summed E-state index contributed by atoms with van der Waals surface area (Å²) in [4.78, 5) is 21.7. The molecule has 1 amide bonds. The molecule has 188 valence electrons. The molecule has 10 heteroatoms. The first kappa shape index (κ1) is 25.7. The van der Waals surface area contributed by atoms with E-state index in [1.165, 1.54) is 0 Å². The van der Waals surface area contributed by atoms with Crippen LogP contribution in [0, 0.1) is 3.57 Å². The molecule has 3 heterocycles. The van der Waals surface area contributed by atoms with Crippen LogP contribution in [-0.2, 0) is 6.42 Å². The second-order valence-electron chi connectivity index (χ2n) is 8.87. The number of pyridine rings is 1. The molecule has 2 saturated heterocycles. The van der Waals surface area contributed by atoms with Crippen LogP contribution < -0.4 is 15.1 Å². The summed E-state index contributed by atoms with van der Waals surface area (Å²) in [6.45, 7) is 3.16. The summed E-state index contributed by atoms with van der Waals surface area (Å²) in [7, 11) is 0. The molecule has 2 fully saturated rings. The number of anilines is 3. The summed E-state index contributed by atoms with van der Waals surface area (Å²) in [6, 6.07) is 8.96. The number of aryl methyl sites for hydroxylation is 1. The minimum absolute atomic E-state index is 0.171. The van der Waals surface area contributed by atoms with E-state index >= 15 is 0 Å². The molecule has 0 saturated carbocycles. The third-order valence-corrected chi connectivity index (χ3v) is 7.15. The van der Waals surface area contributed by atoms with Gasteiger partial charge in [-0.1, -0.05) is 6.92 Å². The molecule has 0 radical (unpaired) electrons. The van der Waals surface area contributed by atoms with Gasteiger partial charge in [-0.2, -0.15) is 8.78 Å². The highest BCUT2D eigenvalue weighted by Crippen LogP contribution is 2.32. The molecule has 5 nitrogen and oxygen atoms in total. The summed E-state index contributed by atoms with van der Waals surface area (Å²) in [5.74, 6) is -2.40. The molecule has 1 aromatic carbocycles. The van der Waals surface area contributed by atoms with Crippen molar-refractivity contribution < 1.29 is 22.4 Å². The smallest absolute Gasteiger partial charge is 0.269 e. The van der Waals surface area contributed by atoms with Gasteiger partial charge in [0.05, 0.1) is 11.3 Å². The van der Waals surface area contributed by atoms with Gasteiger partial charge in [0.25, 0.3) is 17.9 Å². The number of rotatable bonds is 5. The van der Waals surface area contributed by atoms with Gasteiger partial charge in [-0.15, -0.1) is 0 Å². The van der Waals surface area contributed by atoms with Crippen molar-refractivity contribution in [2.45, 2.75) is 45.0 Å². The molecule has 2 aliphatic heterocycles. The third kappa shape index (κ3) is 6.25. The number of amides is 1. The largest absolute Gasteiger partial charge is 0.370 e. The maximum atomic E-state index is 13.6. The van der Waals surface area contributed by atoms with Gasteiger partial charge in [0.15, 0.2) is 0 Å². The second-order valence-corrected chi connectivity index (χ2v) is 10.1. The van der Waals surface area contributed by atoms with Crippen LogP contribution in [0.5, 0.6) is 0 Å². The van der Waals surface area contributed by atoms with E-state index in [2.05, 4.69) is 32.9 Å². The Morgan fingerprint density at radius 2 is 1.74 bits per heavy atom. The van der Waals surface area contributed by atoms with Crippen molar-refractivity contribution in [3.8, 4) is 0 Å². The highest BCUT2D eigenvalue weighted by molar-refractivity contribution is 14.1. The number of nitrogens with one attached hydrogen (secondary N) is 1. The maximum Gasteiger partial charge on any atom is 0.269 e. The van der Waals surface area contributed by atoms with Gasteiger partial charge < -0.3 is 15.1 Å². The van der Waals surface area contributed by atoms with E-state index in [0.717, 1.165) is 9.26 Å². The number of piperidine rings is 2. The van der Waals surface area contributed by atoms with Gasteiger partial charge in [-0.25, -0.2) is 13.8 Å². The number of carbonyl (C=O) groups is 1. The van der Waals surface area contributed by atoms with E-state index in [9.17, 15) is 22.4 Å². The third-order valence-electron chi connectivity index (χ3n) is 6.48. The zero-order valence-corrected chi connectivity index (χ0v) is 21.5. The van der Waals surface area contributed by atoms with Crippen LogP contribution in [0.25, 0.3) is 0 Å². The fourth-order valence-corrected chi connectivity index (χ4v) is 4.89. The Bertz CT molecular complexity index is 1120. The predicted molar refractivity (Wildman–Crippen MR) is 138 cm³/mol. The summed E-state index contributed by atoms with van der Waals surface area (Å²) in [5, 5.41) is 2.94. The van der Waals surface area contributed by atoms with Crippen LogP contribution in [0.4, 0.5) is 34.8 Å². The normalized spacial score (nSPS) is 17.9. The first-order valence-corrected chi connectivity index (χ1v) is 12.8. The predicted octanol–water partition coefficient (Wildman–Crippen LogP) is 6.49. The van der Waals surface area contributed by atoms with Crippen molar-refractivity contribution in [2.24, 2.45) is 0 Å². The first-order valence-electron chi connectivity index (χ1n) is 11.7. The van der Waals surface area contributed by atoms with E-state index in [-0.39, 0.29) is 50.3 Å². The van der Waals surface area contributed by atoms with Crippen LogP contribution in [-0.4, -0.2) is 43.0 Å². The minimum atomic E-state index is -2.65. The molecule has 1 aromatic heterocycles. The van der Waals surface area contributed by atoms with Gasteiger partial charge in [0.1, 0.15) is 5.82 Å². The Morgan fingerprint density at radius 3 is 2.37 bits per heavy atom. The maximum absolute atomic E-state index is 13.6. The van der Waals surface area contributed by atoms with Crippen molar-refractivity contribution in [3.63, 3.8) is 0 Å². The molecule has 35 heavy (non-hydrogen) atoms. The van der Waals surface area contributed by atoms with Crippen molar-refractivity contribution >= 4 is 45.7 Å². The standard InChI is InChI=1S/C25H27F4IN4O/c1-2-18-14-19(15-22(31-18)34-11-7-25(28,29)8-12-34)32-24(35)20-4-3-17(30)13-21(20)33-9-5-16(6-10-33)23(26)27/h3-4,13-15H,2,5-12H2,1H3,(H,31,32,35). The first-order chi connectivity index (χ1) is 16.6. The number of nitrogens with zero attached hydrogens (tertiary/aromatic N) is 3. The second kappa shape index (κ2) is 10.7. The summed E-state index contributed by atoms with van der Waals surface area (Å²) >= 11 is 2.17. The van der Waals surface area contributed by atoms with Crippen LogP contribution in [0.3, 0.4) is 0 Å². The average molecular weight is 602 g/mol. The van der Waals surface area contributed by atoms with Crippen molar-refractivity contribution in [3.05, 3.63) is 56.8 Å². The Labute approximate surface area is 215 Å². The number of alkyl halides is 2. The number of hydrogen-bond donors (Lipinski definition) is 1. The number of benzene rings is 1. The van der Waals surface area contributed by atoms with Crippen LogP contribution in [0.2, 0.25) is 0 Å². The molecule has 4 rings (SSSR count). The quantitative estimate of drug-likeness (QED) is 0.314. The van der Waals surface area contributed by atoms with Gasteiger partial charge >= 0.3 is 0 Å². The molecule has 2 aromatic rings. The zero-order chi connectivity index (χ0) is 25.2. The monoisotopic (exact) mass is 602 g/mol. The Balaban J connectivity index is 1.56. The summed E-state index contributed by atoms with van der Waals surface area (Å²) in [5.41, 5.74) is 2.62. The topological polar surface area (TPSA) is 48.5 Å². The summed E-state index contributed by atoms with van der Waals surface area (Å²) in [6.07, 6.45) is -0.906. The van der Waals surface area contributed by atoms with E-state index in [0.29, 0.717) is 42.3 Å². The van der Waals surface area contributed by atoms with E-state index in [1.807, 2.05) is 28.9 Å². The molecule has 1 N–H and O–H groups in total. The molecule has 0 aliphatic carbocycles. The lowest BCUT2D eigenvalue weighted by Gasteiger charge is -2.33. The fraction of sp³-hybridized carbons (Fsp3) is 0.440. The Kier molecular flexibility index (Phi) is 7.87. The lowest BCUT2D eigenvalue weighted by molar-refractivity contribution is -0.0221. The van der Waals surface area contributed by atoms with Gasteiger partial charge in [-0.05, 0) is 71.7 Å². The Hall–Kier alpha value is -2.37. The molecule has 2 aliphatic rings. The molecular formula is C25H27F4IN4O. The van der Waals surface area contributed by atoms with E-state index in [4.69, 9.17) is 0 Å². The lowest BCUT2D eigenvalue weighted by atomic mass is 10.0. The van der Waals surface area contributed by atoms with Gasteiger partial charge in [-0.3, -0.25) is 4.79 Å². The summed E-state index contributed by atoms with van der Waals surface area (Å²) < 4.78 is 54.1. The van der Waals surface area contributed by atoms with Crippen molar-refractivity contribution in [2.75, 3.05) is 41.3 Å². The van der Waals surface area contributed by atoms with Crippen molar-refractivity contribution in [1.82, 2.24) is 4.98 Å². The van der Waals surface area contributed by atoms with Crippen molar-refractivity contribution in [1.29, 1.82) is 0 Å². The zero-order valence-electron chi connectivity index (χ0n) is 19.4. The van der Waals surface area contributed by atoms with Crippen LogP contribution in [0.15, 0.2) is 42.0 Å². The number of aromatic nitrogens is 1. The van der Waals surface area contributed by atoms with Crippen LogP contribution in [0.1, 0.15) is 48.7 Å². The minimum Gasteiger partial charge on any atom is -0.370 e. The molecule has 0 unspecified atom stereocenters. The molecule has 0 spiro atoms. The van der Waals surface area contributed by atoms with Gasteiger partial charge in [0.2, 0.25) is 0 Å². The van der Waals surface area contributed by atoms with E-state index in [1.54, 1.807) is 18.2 Å². The molecule has 0 bridgehead atoms. The van der Waals surface area contributed by atoms with E-state index < -0.39 is 12.0 Å². The SMILES string of the molecule is CCc1cc(NC(=O)c2ccc(I)cc2N2CCC(=C(F)F)CC2)cc(N2CCC(F)(F)CC2)n1.